The van der Waals surface area contributed by atoms with E-state index in [9.17, 15) is 9.90 Å². The number of fused-ring (bicyclic) bond motifs is 1. The maximum atomic E-state index is 11.8. The first kappa shape index (κ1) is 18.6. The van der Waals surface area contributed by atoms with Gasteiger partial charge in [0.1, 0.15) is 5.75 Å². The molecule has 0 radical (unpaired) electrons. The van der Waals surface area contributed by atoms with Crippen molar-refractivity contribution in [2.45, 2.75) is 12.5 Å². The second-order valence-electron chi connectivity index (χ2n) is 5.63. The van der Waals surface area contributed by atoms with Gasteiger partial charge in [0.2, 0.25) is 6.79 Å². The number of halogens is 2. The maximum Gasteiger partial charge on any atom is 0.257 e. The molecule has 0 aromatic heterocycles. The Hall–Kier alpha value is -2.15. The molecular formula is C18H17Cl2NO5. The van der Waals surface area contributed by atoms with E-state index < -0.39 is 6.10 Å². The highest BCUT2D eigenvalue weighted by molar-refractivity contribution is 6.35. The molecule has 1 aliphatic heterocycles. The molecule has 1 atom stereocenters. The first-order valence-corrected chi connectivity index (χ1v) is 8.70. The molecule has 1 aliphatic rings. The van der Waals surface area contributed by atoms with Gasteiger partial charge in [0.25, 0.3) is 5.91 Å². The summed E-state index contributed by atoms with van der Waals surface area (Å²) in [5, 5.41) is 13.7. The van der Waals surface area contributed by atoms with Gasteiger partial charge in [0.05, 0.1) is 11.1 Å². The molecule has 0 spiro atoms. The zero-order valence-electron chi connectivity index (χ0n) is 13.7. The van der Waals surface area contributed by atoms with E-state index in [0.717, 1.165) is 0 Å². The number of hydrogen-bond donors (Lipinski definition) is 2. The minimum absolute atomic E-state index is 0.179. The monoisotopic (exact) mass is 397 g/mol. The van der Waals surface area contributed by atoms with Gasteiger partial charge >= 0.3 is 0 Å². The Bertz CT molecular complexity index is 799. The van der Waals surface area contributed by atoms with Gasteiger partial charge in [-0.1, -0.05) is 29.3 Å². The summed E-state index contributed by atoms with van der Waals surface area (Å²) in [6.45, 7) is 0.302. The summed E-state index contributed by atoms with van der Waals surface area (Å²) in [4.78, 5) is 11.8. The summed E-state index contributed by atoms with van der Waals surface area (Å²) < 4.78 is 15.9. The SMILES string of the molecule is O=C(COc1ccc(Cl)cc1Cl)NCC[C@H](O)c1ccc2c(c1)OCO2. The molecular weight excluding hydrogens is 381 g/mol. The van der Waals surface area contributed by atoms with Gasteiger partial charge in [0, 0.05) is 11.6 Å². The van der Waals surface area contributed by atoms with Crippen molar-refractivity contribution in [2.24, 2.45) is 0 Å². The zero-order chi connectivity index (χ0) is 18.5. The zero-order valence-corrected chi connectivity index (χ0v) is 15.2. The van der Waals surface area contributed by atoms with Gasteiger partial charge in [0.15, 0.2) is 18.1 Å². The van der Waals surface area contributed by atoms with Crippen molar-refractivity contribution in [3.63, 3.8) is 0 Å². The molecule has 26 heavy (non-hydrogen) atoms. The Morgan fingerprint density at radius 3 is 2.81 bits per heavy atom. The Kier molecular flexibility index (Phi) is 6.08. The van der Waals surface area contributed by atoms with Gasteiger partial charge in [-0.15, -0.1) is 0 Å². The molecule has 8 heteroatoms. The summed E-state index contributed by atoms with van der Waals surface area (Å²) in [5.41, 5.74) is 0.702. The third-order valence-corrected chi connectivity index (χ3v) is 4.30. The third kappa shape index (κ3) is 4.72. The van der Waals surface area contributed by atoms with Crippen molar-refractivity contribution in [1.82, 2.24) is 5.32 Å². The van der Waals surface area contributed by atoms with Crippen molar-refractivity contribution >= 4 is 29.1 Å². The number of nitrogens with one attached hydrogen (secondary N) is 1. The molecule has 0 unspecified atom stereocenters. The molecule has 3 rings (SSSR count). The Morgan fingerprint density at radius 1 is 1.19 bits per heavy atom. The normalized spacial score (nSPS) is 13.3. The Labute approximate surface area is 160 Å². The van der Waals surface area contributed by atoms with Gasteiger partial charge in [-0.05, 0) is 42.3 Å². The van der Waals surface area contributed by atoms with Gasteiger partial charge in [-0.2, -0.15) is 0 Å². The Balaban J connectivity index is 1.42. The molecule has 0 fully saturated rings. The molecule has 0 bridgehead atoms. The quantitative estimate of drug-likeness (QED) is 0.748. The Morgan fingerprint density at radius 2 is 2.00 bits per heavy atom. The average Bonchev–Trinajstić information content (AvgIpc) is 3.08. The van der Waals surface area contributed by atoms with Gasteiger partial charge in [-0.3, -0.25) is 4.79 Å². The molecule has 2 aromatic rings. The molecule has 138 valence electrons. The van der Waals surface area contributed by atoms with Gasteiger partial charge < -0.3 is 24.6 Å². The van der Waals surface area contributed by atoms with Crippen molar-refractivity contribution in [1.29, 1.82) is 0 Å². The fraction of sp³-hybridized carbons (Fsp3) is 0.278. The second kappa shape index (κ2) is 8.49. The number of amides is 1. The summed E-state index contributed by atoms with van der Waals surface area (Å²) in [7, 11) is 0. The highest BCUT2D eigenvalue weighted by atomic mass is 35.5. The molecule has 0 aliphatic carbocycles. The summed E-state index contributed by atoms with van der Waals surface area (Å²) >= 11 is 11.8. The van der Waals surface area contributed by atoms with E-state index >= 15 is 0 Å². The van der Waals surface area contributed by atoms with Crippen LogP contribution in [0.25, 0.3) is 0 Å². The van der Waals surface area contributed by atoms with E-state index in [1.165, 1.54) is 6.07 Å². The van der Waals surface area contributed by atoms with Crippen LogP contribution in [0.4, 0.5) is 0 Å². The predicted molar refractivity (Wildman–Crippen MR) is 97.1 cm³/mol. The highest BCUT2D eigenvalue weighted by Crippen LogP contribution is 2.34. The van der Waals surface area contributed by atoms with Crippen LogP contribution in [0.2, 0.25) is 10.0 Å². The van der Waals surface area contributed by atoms with Crippen LogP contribution in [-0.2, 0) is 4.79 Å². The van der Waals surface area contributed by atoms with Crippen LogP contribution in [0.15, 0.2) is 36.4 Å². The lowest BCUT2D eigenvalue weighted by molar-refractivity contribution is -0.123. The summed E-state index contributed by atoms with van der Waals surface area (Å²) in [6, 6.07) is 10.0. The number of carbonyl (C=O) groups excluding carboxylic acids is 1. The topological polar surface area (TPSA) is 77.0 Å². The molecule has 0 saturated heterocycles. The smallest absolute Gasteiger partial charge is 0.257 e. The highest BCUT2D eigenvalue weighted by Gasteiger charge is 2.16. The largest absolute Gasteiger partial charge is 0.482 e. The van der Waals surface area contributed by atoms with Crippen LogP contribution in [0.5, 0.6) is 17.2 Å². The van der Waals surface area contributed by atoms with Crippen molar-refractivity contribution in [2.75, 3.05) is 19.9 Å². The predicted octanol–water partition coefficient (Wildman–Crippen LogP) is 3.34. The fourth-order valence-electron chi connectivity index (χ4n) is 2.42. The summed E-state index contributed by atoms with van der Waals surface area (Å²) in [5.74, 6) is 1.34. The lowest BCUT2D eigenvalue weighted by atomic mass is 10.1. The number of aliphatic hydroxyl groups is 1. The number of ether oxygens (including phenoxy) is 3. The maximum absolute atomic E-state index is 11.8. The molecule has 0 saturated carbocycles. The van der Waals surface area contributed by atoms with Crippen LogP contribution < -0.4 is 19.5 Å². The number of rotatable bonds is 7. The average molecular weight is 398 g/mol. The van der Waals surface area contributed by atoms with Crippen LogP contribution in [-0.4, -0.2) is 31.0 Å². The lowest BCUT2D eigenvalue weighted by Gasteiger charge is -2.13. The van der Waals surface area contributed by atoms with E-state index in [-0.39, 0.29) is 19.3 Å². The van der Waals surface area contributed by atoms with Crippen LogP contribution in [0.1, 0.15) is 18.1 Å². The van der Waals surface area contributed by atoms with Crippen LogP contribution in [0, 0.1) is 0 Å². The first-order chi connectivity index (χ1) is 12.5. The van der Waals surface area contributed by atoms with E-state index in [2.05, 4.69) is 5.32 Å². The van der Waals surface area contributed by atoms with E-state index in [1.54, 1.807) is 30.3 Å². The van der Waals surface area contributed by atoms with Crippen LogP contribution >= 0.6 is 23.2 Å². The first-order valence-electron chi connectivity index (χ1n) is 7.95. The van der Waals surface area contributed by atoms with Crippen LogP contribution in [0.3, 0.4) is 0 Å². The van der Waals surface area contributed by atoms with E-state index in [4.69, 9.17) is 37.4 Å². The molecule has 1 amide bonds. The molecule has 2 N–H and O–H groups in total. The molecule has 1 heterocycles. The number of carbonyl (C=O) groups is 1. The lowest BCUT2D eigenvalue weighted by Crippen LogP contribution is -2.30. The second-order valence-corrected chi connectivity index (χ2v) is 6.47. The number of benzene rings is 2. The number of aliphatic hydroxyl groups excluding tert-OH is 1. The minimum atomic E-state index is -0.726. The molecule has 2 aromatic carbocycles. The van der Waals surface area contributed by atoms with Crippen molar-refractivity contribution < 1.29 is 24.1 Å². The van der Waals surface area contributed by atoms with Gasteiger partial charge in [-0.25, -0.2) is 0 Å². The van der Waals surface area contributed by atoms with E-state index in [0.29, 0.717) is 45.8 Å². The van der Waals surface area contributed by atoms with Crippen molar-refractivity contribution in [3.05, 3.63) is 52.0 Å². The third-order valence-electron chi connectivity index (χ3n) is 3.77. The number of hydrogen-bond acceptors (Lipinski definition) is 5. The minimum Gasteiger partial charge on any atom is -0.482 e. The summed E-state index contributed by atoms with van der Waals surface area (Å²) in [6.07, 6.45) is -0.371. The van der Waals surface area contributed by atoms with E-state index in [1.807, 2.05) is 0 Å². The molecule has 6 nitrogen and oxygen atoms in total. The van der Waals surface area contributed by atoms with Crippen molar-refractivity contribution in [3.8, 4) is 17.2 Å². The fourth-order valence-corrected chi connectivity index (χ4v) is 2.89. The standard InChI is InChI=1S/C18H17Cl2NO5/c19-12-2-4-15(13(20)8-12)24-9-18(23)21-6-5-14(22)11-1-3-16-17(7-11)26-10-25-16/h1-4,7-8,14,22H,5-6,9-10H2,(H,21,23)/t14-/m0/s1.